The minimum absolute atomic E-state index is 0.248. The molecule has 0 heterocycles. The highest BCUT2D eigenvalue weighted by molar-refractivity contribution is 6.42. The fourth-order valence-corrected chi connectivity index (χ4v) is 2.27. The zero-order chi connectivity index (χ0) is 19.1. The van der Waals surface area contributed by atoms with Gasteiger partial charge in [0.15, 0.2) is 6.10 Å². The number of hydrazine groups is 1. The number of carbonyl (C=O) groups excluding carboxylic acids is 2. The van der Waals surface area contributed by atoms with E-state index in [-0.39, 0.29) is 10.6 Å². The van der Waals surface area contributed by atoms with Gasteiger partial charge in [-0.2, -0.15) is 0 Å². The van der Waals surface area contributed by atoms with Crippen molar-refractivity contribution in [2.75, 3.05) is 6.61 Å². The number of carbonyl (C=O) groups is 2. The first kappa shape index (κ1) is 19.9. The molecule has 8 heteroatoms. The second-order valence-corrected chi connectivity index (χ2v) is 6.05. The molecule has 0 aliphatic heterocycles. The molecule has 2 N–H and O–H groups in total. The molecule has 0 unspecified atom stereocenters. The molecule has 0 aliphatic rings. The number of ether oxygens (including phenoxy) is 2. The van der Waals surface area contributed by atoms with Gasteiger partial charge in [0.1, 0.15) is 11.5 Å². The summed E-state index contributed by atoms with van der Waals surface area (Å²) in [5, 5.41) is 0.586. The number of halogens is 2. The van der Waals surface area contributed by atoms with Crippen LogP contribution < -0.4 is 20.3 Å². The van der Waals surface area contributed by atoms with E-state index in [4.69, 9.17) is 32.7 Å². The van der Waals surface area contributed by atoms with E-state index in [2.05, 4.69) is 10.9 Å². The van der Waals surface area contributed by atoms with Gasteiger partial charge >= 0.3 is 0 Å². The Balaban J connectivity index is 1.86. The van der Waals surface area contributed by atoms with Crippen LogP contribution in [0.5, 0.6) is 11.5 Å². The van der Waals surface area contributed by atoms with Crippen molar-refractivity contribution in [2.45, 2.75) is 20.0 Å². The van der Waals surface area contributed by atoms with Crippen LogP contribution in [-0.2, 0) is 4.79 Å². The van der Waals surface area contributed by atoms with E-state index in [9.17, 15) is 9.59 Å². The molecule has 0 spiro atoms. The zero-order valence-corrected chi connectivity index (χ0v) is 15.7. The van der Waals surface area contributed by atoms with Gasteiger partial charge in [-0.1, -0.05) is 23.2 Å². The monoisotopic (exact) mass is 396 g/mol. The molecule has 0 bridgehead atoms. The lowest BCUT2D eigenvalue weighted by molar-refractivity contribution is -0.128. The lowest BCUT2D eigenvalue weighted by Gasteiger charge is -2.15. The van der Waals surface area contributed by atoms with Crippen LogP contribution in [0.25, 0.3) is 0 Å². The Morgan fingerprint density at radius 3 is 2.27 bits per heavy atom. The van der Waals surface area contributed by atoms with Crippen molar-refractivity contribution in [3.05, 3.63) is 58.1 Å². The van der Waals surface area contributed by atoms with Gasteiger partial charge < -0.3 is 9.47 Å². The summed E-state index contributed by atoms with van der Waals surface area (Å²) in [5.41, 5.74) is 4.86. The summed E-state index contributed by atoms with van der Waals surface area (Å²) in [4.78, 5) is 24.1. The first-order valence-corrected chi connectivity index (χ1v) is 8.61. The molecule has 6 nitrogen and oxygen atoms in total. The van der Waals surface area contributed by atoms with Crippen molar-refractivity contribution in [3.8, 4) is 11.5 Å². The molecule has 0 saturated carbocycles. The third-order valence-electron chi connectivity index (χ3n) is 3.30. The Morgan fingerprint density at radius 1 is 1.00 bits per heavy atom. The number of nitrogens with one attached hydrogen (secondary N) is 2. The average molecular weight is 397 g/mol. The maximum atomic E-state index is 12.1. The summed E-state index contributed by atoms with van der Waals surface area (Å²) in [5.74, 6) is 0.190. The molecule has 0 aliphatic carbocycles. The summed E-state index contributed by atoms with van der Waals surface area (Å²) in [7, 11) is 0. The molecule has 1 atom stereocenters. The fourth-order valence-electron chi connectivity index (χ4n) is 1.97. The maximum absolute atomic E-state index is 12.1. The van der Waals surface area contributed by atoms with E-state index < -0.39 is 17.9 Å². The van der Waals surface area contributed by atoms with Gasteiger partial charge in [-0.25, -0.2) is 0 Å². The normalized spacial score (nSPS) is 11.4. The molecule has 0 saturated heterocycles. The molecule has 2 aromatic rings. The second-order valence-electron chi connectivity index (χ2n) is 5.24. The van der Waals surface area contributed by atoms with E-state index in [1.165, 1.54) is 18.2 Å². The molecule has 138 valence electrons. The topological polar surface area (TPSA) is 76.7 Å². The summed E-state index contributed by atoms with van der Waals surface area (Å²) in [6.45, 7) is 4.03. The van der Waals surface area contributed by atoms with Gasteiger partial charge in [0, 0.05) is 5.56 Å². The standard InChI is InChI=1S/C18H18Cl2N2O4/c1-3-25-13-5-7-14(8-6-13)26-11(2)17(23)21-22-18(24)12-4-9-15(19)16(20)10-12/h4-11H,3H2,1-2H3,(H,21,23)(H,22,24)/t11-/m1/s1. The van der Waals surface area contributed by atoms with Gasteiger partial charge in [0.2, 0.25) is 0 Å². The van der Waals surface area contributed by atoms with Crippen molar-refractivity contribution in [1.82, 2.24) is 10.9 Å². The fraction of sp³-hybridized carbons (Fsp3) is 0.222. The van der Waals surface area contributed by atoms with Crippen LogP contribution in [-0.4, -0.2) is 24.5 Å². The largest absolute Gasteiger partial charge is 0.494 e. The van der Waals surface area contributed by atoms with Crippen LogP contribution >= 0.6 is 23.2 Å². The van der Waals surface area contributed by atoms with E-state index in [1.54, 1.807) is 31.2 Å². The summed E-state index contributed by atoms with van der Waals surface area (Å²) < 4.78 is 10.9. The summed E-state index contributed by atoms with van der Waals surface area (Å²) in [6.07, 6.45) is -0.818. The summed E-state index contributed by atoms with van der Waals surface area (Å²) >= 11 is 11.7. The maximum Gasteiger partial charge on any atom is 0.279 e. The highest BCUT2D eigenvalue weighted by Crippen LogP contribution is 2.22. The predicted octanol–water partition coefficient (Wildman–Crippen LogP) is 3.62. The van der Waals surface area contributed by atoms with E-state index in [0.29, 0.717) is 23.1 Å². The van der Waals surface area contributed by atoms with E-state index in [0.717, 1.165) is 0 Å². The number of benzene rings is 2. The van der Waals surface area contributed by atoms with Crippen LogP contribution in [0.2, 0.25) is 10.0 Å². The lowest BCUT2D eigenvalue weighted by Crippen LogP contribution is -2.47. The van der Waals surface area contributed by atoms with Crippen molar-refractivity contribution < 1.29 is 19.1 Å². The van der Waals surface area contributed by atoms with Gasteiger partial charge in [0.25, 0.3) is 11.8 Å². The van der Waals surface area contributed by atoms with Crippen molar-refractivity contribution in [1.29, 1.82) is 0 Å². The Hall–Kier alpha value is -2.44. The van der Waals surface area contributed by atoms with Crippen molar-refractivity contribution in [2.24, 2.45) is 0 Å². The van der Waals surface area contributed by atoms with E-state index >= 15 is 0 Å². The van der Waals surface area contributed by atoms with Crippen LogP contribution in [0, 0.1) is 0 Å². The second kappa shape index (κ2) is 9.31. The summed E-state index contributed by atoms with van der Waals surface area (Å²) in [6, 6.07) is 11.3. The minimum Gasteiger partial charge on any atom is -0.494 e. The van der Waals surface area contributed by atoms with Gasteiger partial charge in [-0.15, -0.1) is 0 Å². The highest BCUT2D eigenvalue weighted by atomic mass is 35.5. The van der Waals surface area contributed by atoms with Crippen molar-refractivity contribution >= 4 is 35.0 Å². The first-order chi connectivity index (χ1) is 12.4. The Morgan fingerprint density at radius 2 is 1.65 bits per heavy atom. The van der Waals surface area contributed by atoms with Crippen LogP contribution in [0.3, 0.4) is 0 Å². The predicted molar refractivity (Wildman–Crippen MR) is 99.8 cm³/mol. The van der Waals surface area contributed by atoms with Crippen LogP contribution in [0.4, 0.5) is 0 Å². The quantitative estimate of drug-likeness (QED) is 0.730. The molecule has 0 radical (unpaired) electrons. The molecule has 26 heavy (non-hydrogen) atoms. The van der Waals surface area contributed by atoms with E-state index in [1.807, 2.05) is 6.92 Å². The Labute approximate surface area is 161 Å². The molecule has 2 aromatic carbocycles. The number of amides is 2. The highest BCUT2D eigenvalue weighted by Gasteiger charge is 2.16. The van der Waals surface area contributed by atoms with Crippen LogP contribution in [0.15, 0.2) is 42.5 Å². The SMILES string of the molecule is CCOc1ccc(O[C@H](C)C(=O)NNC(=O)c2ccc(Cl)c(Cl)c2)cc1. The Bertz CT molecular complexity index is 781. The Kier molecular flexibility index (Phi) is 7.12. The zero-order valence-electron chi connectivity index (χ0n) is 14.2. The smallest absolute Gasteiger partial charge is 0.279 e. The van der Waals surface area contributed by atoms with Gasteiger partial charge in [-0.3, -0.25) is 20.4 Å². The van der Waals surface area contributed by atoms with Gasteiger partial charge in [0.05, 0.1) is 16.7 Å². The number of hydrogen-bond acceptors (Lipinski definition) is 4. The minimum atomic E-state index is -0.818. The molecular weight excluding hydrogens is 379 g/mol. The third-order valence-corrected chi connectivity index (χ3v) is 4.04. The molecule has 0 fully saturated rings. The first-order valence-electron chi connectivity index (χ1n) is 7.85. The van der Waals surface area contributed by atoms with Crippen LogP contribution in [0.1, 0.15) is 24.2 Å². The average Bonchev–Trinajstić information content (AvgIpc) is 2.63. The third kappa shape index (κ3) is 5.54. The van der Waals surface area contributed by atoms with Crippen molar-refractivity contribution in [3.63, 3.8) is 0 Å². The molecule has 2 amide bonds. The molecule has 2 rings (SSSR count). The lowest BCUT2D eigenvalue weighted by atomic mass is 10.2. The number of hydrogen-bond donors (Lipinski definition) is 2. The molecule has 0 aromatic heterocycles. The molecular formula is C18H18Cl2N2O4. The van der Waals surface area contributed by atoms with Gasteiger partial charge in [-0.05, 0) is 56.3 Å². The number of rotatable bonds is 6.